The Bertz CT molecular complexity index is 170. The van der Waals surface area contributed by atoms with Crippen molar-refractivity contribution < 1.29 is 5.11 Å². The van der Waals surface area contributed by atoms with E-state index < -0.39 is 5.54 Å². The van der Waals surface area contributed by atoms with Crippen LogP contribution in [0.15, 0.2) is 0 Å². The van der Waals surface area contributed by atoms with Gasteiger partial charge in [-0.1, -0.05) is 6.92 Å². The van der Waals surface area contributed by atoms with Crippen molar-refractivity contribution in [1.82, 2.24) is 4.90 Å². The summed E-state index contributed by atoms with van der Waals surface area (Å²) in [7, 11) is 2.08. The minimum absolute atomic E-state index is 0.0531. The van der Waals surface area contributed by atoms with Crippen LogP contribution in [0.25, 0.3) is 0 Å². The average molecular weight is 186 g/mol. The van der Waals surface area contributed by atoms with Gasteiger partial charge in [0.05, 0.1) is 6.61 Å². The number of nitrogens with two attached hydrogens (primary N) is 1. The number of likely N-dealkylation sites (N-methyl/N-ethyl adjacent to an activating group) is 1. The molecule has 0 aromatic heterocycles. The number of hydrogen-bond acceptors (Lipinski definition) is 3. The molecule has 0 aromatic rings. The van der Waals surface area contributed by atoms with E-state index in [0.29, 0.717) is 0 Å². The van der Waals surface area contributed by atoms with Crippen LogP contribution in [-0.2, 0) is 0 Å². The van der Waals surface area contributed by atoms with Crippen LogP contribution < -0.4 is 5.73 Å². The molecule has 0 bridgehead atoms. The molecule has 0 saturated heterocycles. The molecule has 3 heteroatoms. The summed E-state index contributed by atoms with van der Waals surface area (Å²) in [4.78, 5) is 2.23. The summed E-state index contributed by atoms with van der Waals surface area (Å²) in [5, 5.41) is 8.99. The van der Waals surface area contributed by atoms with Gasteiger partial charge >= 0.3 is 0 Å². The van der Waals surface area contributed by atoms with E-state index in [-0.39, 0.29) is 6.61 Å². The van der Waals surface area contributed by atoms with Gasteiger partial charge in [-0.3, -0.25) is 0 Å². The summed E-state index contributed by atoms with van der Waals surface area (Å²) in [5.41, 5.74) is 5.40. The number of nitrogens with zero attached hydrogens (tertiary/aromatic N) is 1. The van der Waals surface area contributed by atoms with Crippen molar-refractivity contribution in [2.45, 2.75) is 25.8 Å². The van der Waals surface area contributed by atoms with Crippen LogP contribution in [0, 0.1) is 11.8 Å². The molecule has 0 radical (unpaired) electrons. The van der Waals surface area contributed by atoms with Gasteiger partial charge in [-0.15, -0.1) is 0 Å². The molecule has 1 rings (SSSR count). The van der Waals surface area contributed by atoms with Crippen molar-refractivity contribution in [3.05, 3.63) is 0 Å². The van der Waals surface area contributed by atoms with E-state index in [4.69, 9.17) is 10.8 Å². The van der Waals surface area contributed by atoms with Gasteiger partial charge in [0.2, 0.25) is 0 Å². The van der Waals surface area contributed by atoms with E-state index in [1.165, 1.54) is 6.42 Å². The Kier molecular flexibility index (Phi) is 3.33. The van der Waals surface area contributed by atoms with Gasteiger partial charge in [0.15, 0.2) is 0 Å². The van der Waals surface area contributed by atoms with E-state index in [9.17, 15) is 0 Å². The molecule has 3 unspecified atom stereocenters. The third kappa shape index (κ3) is 3.63. The minimum Gasteiger partial charge on any atom is -0.394 e. The fraction of sp³-hybridized carbons (Fsp3) is 1.00. The lowest BCUT2D eigenvalue weighted by atomic mass is 10.1. The summed E-state index contributed by atoms with van der Waals surface area (Å²) in [5.74, 6) is 1.75. The number of aliphatic hydroxyl groups excluding tert-OH is 1. The first-order valence-corrected chi connectivity index (χ1v) is 5.03. The quantitative estimate of drug-likeness (QED) is 0.648. The van der Waals surface area contributed by atoms with Crippen molar-refractivity contribution in [3.63, 3.8) is 0 Å². The van der Waals surface area contributed by atoms with E-state index in [1.54, 1.807) is 0 Å². The average Bonchev–Trinajstić information content (AvgIpc) is 2.65. The SMILES string of the molecule is CC1CC1CN(C)CC(C)(N)CO. The summed E-state index contributed by atoms with van der Waals surface area (Å²) in [6.07, 6.45) is 1.35. The molecule has 3 nitrogen and oxygen atoms in total. The van der Waals surface area contributed by atoms with Crippen molar-refractivity contribution in [2.75, 3.05) is 26.7 Å². The maximum Gasteiger partial charge on any atom is 0.0621 e. The predicted molar refractivity (Wildman–Crippen MR) is 54.4 cm³/mol. The normalized spacial score (nSPS) is 31.8. The molecule has 3 N–H and O–H groups in total. The zero-order chi connectivity index (χ0) is 10.1. The first-order chi connectivity index (χ1) is 5.94. The molecule has 1 fully saturated rings. The van der Waals surface area contributed by atoms with Crippen molar-refractivity contribution >= 4 is 0 Å². The monoisotopic (exact) mass is 186 g/mol. The highest BCUT2D eigenvalue weighted by atomic mass is 16.3. The maximum atomic E-state index is 8.99. The van der Waals surface area contributed by atoms with Crippen LogP contribution in [0.3, 0.4) is 0 Å². The largest absolute Gasteiger partial charge is 0.394 e. The molecule has 3 atom stereocenters. The standard InChI is InChI=1S/C10H22N2O/c1-8-4-9(8)5-12(3)6-10(2,11)7-13/h8-9,13H,4-7,11H2,1-3H3. The Balaban J connectivity index is 2.20. The Labute approximate surface area is 80.9 Å². The Morgan fingerprint density at radius 2 is 2.15 bits per heavy atom. The molecule has 0 amide bonds. The van der Waals surface area contributed by atoms with Crippen LogP contribution in [-0.4, -0.2) is 42.3 Å². The molecule has 0 aromatic carbocycles. The summed E-state index contributed by atoms with van der Waals surface area (Å²) < 4.78 is 0. The molecule has 0 heterocycles. The lowest BCUT2D eigenvalue weighted by molar-refractivity contribution is 0.159. The van der Waals surface area contributed by atoms with Crippen LogP contribution >= 0.6 is 0 Å². The van der Waals surface area contributed by atoms with Crippen LogP contribution in [0.5, 0.6) is 0 Å². The van der Waals surface area contributed by atoms with E-state index >= 15 is 0 Å². The fourth-order valence-electron chi connectivity index (χ4n) is 1.78. The molecule has 0 spiro atoms. The summed E-state index contributed by atoms with van der Waals surface area (Å²) in [6.45, 7) is 6.12. The van der Waals surface area contributed by atoms with Gasteiger partial charge in [0, 0.05) is 18.6 Å². The van der Waals surface area contributed by atoms with Gasteiger partial charge in [-0.2, -0.15) is 0 Å². The Morgan fingerprint density at radius 1 is 1.62 bits per heavy atom. The zero-order valence-corrected chi connectivity index (χ0v) is 8.95. The zero-order valence-electron chi connectivity index (χ0n) is 8.95. The lowest BCUT2D eigenvalue weighted by Gasteiger charge is -2.28. The highest BCUT2D eigenvalue weighted by Crippen LogP contribution is 2.37. The lowest BCUT2D eigenvalue weighted by Crippen LogP contribution is -2.50. The first kappa shape index (κ1) is 11.0. The van der Waals surface area contributed by atoms with Gasteiger partial charge in [-0.05, 0) is 32.2 Å². The van der Waals surface area contributed by atoms with E-state index in [1.807, 2.05) is 6.92 Å². The van der Waals surface area contributed by atoms with Crippen LogP contribution in [0.2, 0.25) is 0 Å². The number of hydrogen-bond donors (Lipinski definition) is 2. The smallest absolute Gasteiger partial charge is 0.0621 e. The van der Waals surface area contributed by atoms with Crippen molar-refractivity contribution in [3.8, 4) is 0 Å². The number of aliphatic hydroxyl groups is 1. The van der Waals surface area contributed by atoms with Crippen molar-refractivity contribution in [2.24, 2.45) is 17.6 Å². The summed E-state index contributed by atoms with van der Waals surface area (Å²) in [6, 6.07) is 0. The molecule has 13 heavy (non-hydrogen) atoms. The highest BCUT2D eigenvalue weighted by molar-refractivity contribution is 4.87. The molecule has 1 aliphatic rings. The molecule has 78 valence electrons. The molecule has 1 saturated carbocycles. The highest BCUT2D eigenvalue weighted by Gasteiger charge is 2.34. The third-order valence-electron chi connectivity index (χ3n) is 2.81. The third-order valence-corrected chi connectivity index (χ3v) is 2.81. The second-order valence-electron chi connectivity index (χ2n) is 4.98. The minimum atomic E-state index is -0.452. The molecule has 0 aliphatic heterocycles. The van der Waals surface area contributed by atoms with E-state index in [2.05, 4.69) is 18.9 Å². The van der Waals surface area contributed by atoms with Crippen molar-refractivity contribution in [1.29, 1.82) is 0 Å². The van der Waals surface area contributed by atoms with Crippen LogP contribution in [0.4, 0.5) is 0 Å². The van der Waals surface area contributed by atoms with Gasteiger partial charge in [0.1, 0.15) is 0 Å². The first-order valence-electron chi connectivity index (χ1n) is 5.03. The van der Waals surface area contributed by atoms with E-state index in [0.717, 1.165) is 24.9 Å². The Hall–Kier alpha value is -0.120. The van der Waals surface area contributed by atoms with Gasteiger partial charge in [0.25, 0.3) is 0 Å². The summed E-state index contributed by atoms with van der Waals surface area (Å²) >= 11 is 0. The van der Waals surface area contributed by atoms with Gasteiger partial charge in [-0.25, -0.2) is 0 Å². The second-order valence-corrected chi connectivity index (χ2v) is 4.98. The molecular weight excluding hydrogens is 164 g/mol. The van der Waals surface area contributed by atoms with Gasteiger partial charge < -0.3 is 15.7 Å². The topological polar surface area (TPSA) is 49.5 Å². The molecular formula is C10H22N2O. The number of rotatable bonds is 5. The molecule has 1 aliphatic carbocycles. The maximum absolute atomic E-state index is 8.99. The second kappa shape index (κ2) is 3.95. The fourth-order valence-corrected chi connectivity index (χ4v) is 1.78. The predicted octanol–water partition coefficient (Wildman–Crippen LogP) is 0.284. The van der Waals surface area contributed by atoms with Crippen LogP contribution in [0.1, 0.15) is 20.3 Å². The Morgan fingerprint density at radius 3 is 2.54 bits per heavy atom.